The zero-order valence-electron chi connectivity index (χ0n) is 10.7. The third-order valence-corrected chi connectivity index (χ3v) is 5.08. The van der Waals surface area contributed by atoms with Crippen molar-refractivity contribution in [3.63, 3.8) is 0 Å². The molecule has 0 N–H and O–H groups in total. The van der Waals surface area contributed by atoms with Crippen LogP contribution in [-0.2, 0) is 5.92 Å². The fourth-order valence-electron chi connectivity index (χ4n) is 1.96. The summed E-state index contributed by atoms with van der Waals surface area (Å²) in [6.07, 6.45) is 1.64. The van der Waals surface area contributed by atoms with Gasteiger partial charge in [0.05, 0.1) is 16.4 Å². The molecule has 3 heterocycles. The molecule has 0 saturated heterocycles. The average Bonchev–Trinajstić information content (AvgIpc) is 3.09. The fourth-order valence-corrected chi connectivity index (χ4v) is 3.69. The maximum atomic E-state index is 13.2. The second-order valence-corrected chi connectivity index (χ2v) is 6.62. The molecule has 0 aliphatic rings. The van der Waals surface area contributed by atoms with Crippen molar-refractivity contribution in [3.05, 3.63) is 35.5 Å². The van der Waals surface area contributed by atoms with E-state index in [2.05, 4.69) is 15.1 Å². The minimum absolute atomic E-state index is 0.235. The summed E-state index contributed by atoms with van der Waals surface area (Å²) < 4.78 is 28.9. The second kappa shape index (κ2) is 4.28. The first-order valence-electron chi connectivity index (χ1n) is 6.11. The Kier molecular flexibility index (Phi) is 2.61. The Morgan fingerprint density at radius 2 is 1.95 bits per heavy atom. The lowest BCUT2D eigenvalue weighted by molar-refractivity contribution is 0.0163. The summed E-state index contributed by atoms with van der Waals surface area (Å²) >= 11 is 2.41. The van der Waals surface area contributed by atoms with Gasteiger partial charge in [0.1, 0.15) is 10.7 Å². The van der Waals surface area contributed by atoms with Gasteiger partial charge in [0, 0.05) is 6.92 Å². The quantitative estimate of drug-likeness (QED) is 0.556. The SMILES string of the molecule is CC(F)(F)c1nn2cc(-c3nc4ccccc4s3)nc2s1. The minimum atomic E-state index is -2.94. The van der Waals surface area contributed by atoms with Crippen LogP contribution in [0.4, 0.5) is 8.78 Å². The van der Waals surface area contributed by atoms with Crippen LogP contribution in [0.2, 0.25) is 0 Å². The van der Waals surface area contributed by atoms with Crippen molar-refractivity contribution in [2.75, 3.05) is 0 Å². The number of alkyl halides is 2. The number of imidazole rings is 1. The van der Waals surface area contributed by atoms with Crippen LogP contribution < -0.4 is 0 Å². The highest BCUT2D eigenvalue weighted by Crippen LogP contribution is 2.33. The van der Waals surface area contributed by atoms with Gasteiger partial charge in [0.2, 0.25) is 4.96 Å². The van der Waals surface area contributed by atoms with Crippen molar-refractivity contribution in [2.24, 2.45) is 0 Å². The summed E-state index contributed by atoms with van der Waals surface area (Å²) in [5.41, 5.74) is 1.56. The Bertz CT molecular complexity index is 883. The predicted octanol–water partition coefficient (Wildman–Crippen LogP) is 4.18. The van der Waals surface area contributed by atoms with Crippen LogP contribution in [0, 0.1) is 0 Å². The van der Waals surface area contributed by atoms with Gasteiger partial charge in [-0.15, -0.1) is 11.3 Å². The van der Waals surface area contributed by atoms with Gasteiger partial charge in [-0.25, -0.2) is 14.5 Å². The molecule has 0 amide bonds. The lowest BCUT2D eigenvalue weighted by atomic mass is 10.3. The topological polar surface area (TPSA) is 43.1 Å². The van der Waals surface area contributed by atoms with Crippen LogP contribution in [0.25, 0.3) is 25.9 Å². The summed E-state index contributed by atoms with van der Waals surface area (Å²) in [6.45, 7) is 0.833. The number of para-hydroxylation sites is 1. The number of aromatic nitrogens is 4. The molecule has 0 fully saturated rings. The Balaban J connectivity index is 1.81. The van der Waals surface area contributed by atoms with Gasteiger partial charge in [-0.3, -0.25) is 0 Å². The molecule has 21 heavy (non-hydrogen) atoms. The van der Waals surface area contributed by atoms with Gasteiger partial charge in [-0.1, -0.05) is 23.5 Å². The standard InChI is InChI=1S/C13H8F2N4S2/c1-13(14,15)11-18-19-6-8(17-12(19)21-11)10-16-7-4-2-3-5-9(7)20-10/h2-6H,1H3. The first kappa shape index (κ1) is 12.8. The van der Waals surface area contributed by atoms with Crippen LogP contribution in [-0.4, -0.2) is 19.6 Å². The smallest absolute Gasteiger partial charge is 0.234 e. The highest BCUT2D eigenvalue weighted by molar-refractivity contribution is 7.21. The molecule has 0 aliphatic heterocycles. The molecule has 4 nitrogen and oxygen atoms in total. The summed E-state index contributed by atoms with van der Waals surface area (Å²) in [5.74, 6) is -2.94. The maximum Gasteiger partial charge on any atom is 0.298 e. The average molecular weight is 322 g/mol. The lowest BCUT2D eigenvalue weighted by Gasteiger charge is -2.02. The molecule has 0 aliphatic carbocycles. The number of nitrogens with zero attached hydrogens (tertiary/aromatic N) is 4. The van der Waals surface area contributed by atoms with Crippen molar-refractivity contribution in [3.8, 4) is 10.7 Å². The van der Waals surface area contributed by atoms with E-state index in [1.807, 2.05) is 24.3 Å². The van der Waals surface area contributed by atoms with Gasteiger partial charge in [0.15, 0.2) is 5.01 Å². The van der Waals surface area contributed by atoms with Gasteiger partial charge < -0.3 is 0 Å². The van der Waals surface area contributed by atoms with E-state index in [4.69, 9.17) is 0 Å². The van der Waals surface area contributed by atoms with Gasteiger partial charge >= 0.3 is 0 Å². The summed E-state index contributed by atoms with van der Waals surface area (Å²) in [4.78, 5) is 9.29. The van der Waals surface area contributed by atoms with Crippen molar-refractivity contribution in [1.82, 2.24) is 19.6 Å². The molecule has 0 atom stereocenters. The van der Waals surface area contributed by atoms with Crippen LogP contribution in [0.5, 0.6) is 0 Å². The Labute approximate surface area is 125 Å². The van der Waals surface area contributed by atoms with Gasteiger partial charge in [0.25, 0.3) is 5.92 Å². The van der Waals surface area contributed by atoms with E-state index in [1.54, 1.807) is 6.20 Å². The highest BCUT2D eigenvalue weighted by Gasteiger charge is 2.30. The Hall–Kier alpha value is -1.93. The number of hydrogen-bond donors (Lipinski definition) is 0. The first-order chi connectivity index (χ1) is 10.0. The van der Waals surface area contributed by atoms with Crippen LogP contribution in [0.3, 0.4) is 0 Å². The molecule has 0 bridgehead atoms. The van der Waals surface area contributed by atoms with E-state index in [-0.39, 0.29) is 5.01 Å². The molecular formula is C13H8F2N4S2. The Morgan fingerprint density at radius 1 is 1.14 bits per heavy atom. The van der Waals surface area contributed by atoms with Crippen molar-refractivity contribution >= 4 is 37.9 Å². The molecule has 4 rings (SSSR count). The third kappa shape index (κ3) is 2.11. The second-order valence-electron chi connectivity index (χ2n) is 4.64. The van der Waals surface area contributed by atoms with Crippen LogP contribution in [0.1, 0.15) is 11.9 Å². The zero-order valence-corrected chi connectivity index (χ0v) is 12.4. The lowest BCUT2D eigenvalue weighted by Crippen LogP contribution is -2.06. The van der Waals surface area contributed by atoms with E-state index in [0.29, 0.717) is 10.7 Å². The highest BCUT2D eigenvalue weighted by atomic mass is 32.1. The number of hydrogen-bond acceptors (Lipinski definition) is 5. The minimum Gasteiger partial charge on any atom is -0.234 e. The molecular weight excluding hydrogens is 314 g/mol. The molecule has 106 valence electrons. The summed E-state index contributed by atoms with van der Waals surface area (Å²) in [6, 6.07) is 7.80. The predicted molar refractivity (Wildman–Crippen MR) is 79.0 cm³/mol. The molecule has 8 heteroatoms. The van der Waals surface area contributed by atoms with E-state index >= 15 is 0 Å². The normalized spacial score (nSPS) is 12.5. The molecule has 0 saturated carbocycles. The van der Waals surface area contributed by atoms with Crippen LogP contribution in [0.15, 0.2) is 30.5 Å². The monoisotopic (exact) mass is 322 g/mol. The molecule has 3 aromatic heterocycles. The summed E-state index contributed by atoms with van der Waals surface area (Å²) in [5, 5.41) is 4.41. The summed E-state index contributed by atoms with van der Waals surface area (Å²) in [7, 11) is 0. The van der Waals surface area contributed by atoms with E-state index in [1.165, 1.54) is 15.9 Å². The number of fused-ring (bicyclic) bond motifs is 2. The number of benzene rings is 1. The largest absolute Gasteiger partial charge is 0.298 e. The van der Waals surface area contributed by atoms with Crippen molar-refractivity contribution in [1.29, 1.82) is 0 Å². The first-order valence-corrected chi connectivity index (χ1v) is 7.74. The molecule has 0 unspecified atom stereocenters. The van der Waals surface area contributed by atoms with Crippen molar-refractivity contribution < 1.29 is 8.78 Å². The van der Waals surface area contributed by atoms with E-state index < -0.39 is 5.92 Å². The van der Waals surface area contributed by atoms with E-state index in [0.717, 1.165) is 33.5 Å². The number of rotatable bonds is 2. The molecule has 0 spiro atoms. The fraction of sp³-hybridized carbons (Fsp3) is 0.154. The maximum absolute atomic E-state index is 13.2. The third-order valence-electron chi connectivity index (χ3n) is 2.93. The molecule has 4 aromatic rings. The number of halogens is 2. The Morgan fingerprint density at radius 3 is 2.67 bits per heavy atom. The molecule has 0 radical (unpaired) electrons. The van der Waals surface area contributed by atoms with Crippen LogP contribution >= 0.6 is 22.7 Å². The molecule has 1 aromatic carbocycles. The zero-order chi connectivity index (χ0) is 14.6. The van der Waals surface area contributed by atoms with Gasteiger partial charge in [-0.2, -0.15) is 13.9 Å². The van der Waals surface area contributed by atoms with Gasteiger partial charge in [-0.05, 0) is 12.1 Å². The van der Waals surface area contributed by atoms with E-state index in [9.17, 15) is 8.78 Å². The number of thiazole rings is 1. The van der Waals surface area contributed by atoms with Crippen molar-refractivity contribution in [2.45, 2.75) is 12.8 Å².